The Morgan fingerprint density at radius 1 is 0.594 bits per heavy atom. The summed E-state index contributed by atoms with van der Waals surface area (Å²) in [6.45, 7) is 0. The smallest absolute Gasteiger partial charge is 0.0773 e. The Hall–Kier alpha value is -3.06. The minimum Gasteiger partial charge on any atom is -0.116 e. The van der Waals surface area contributed by atoms with Crippen molar-refractivity contribution in [3.05, 3.63) is 160 Å². The van der Waals surface area contributed by atoms with E-state index >= 15 is 0 Å². The van der Waals surface area contributed by atoms with Gasteiger partial charge in [-0.3, -0.25) is 0 Å². The minimum absolute atomic E-state index is 0.285. The van der Waals surface area contributed by atoms with Gasteiger partial charge in [0.1, 0.15) is 0 Å². The average molecular weight is 453 g/mol. The molecule has 1 fully saturated rings. The van der Waals surface area contributed by atoms with Crippen molar-refractivity contribution in [1.29, 1.82) is 0 Å². The van der Waals surface area contributed by atoms with Crippen molar-refractivity contribution in [2.24, 2.45) is 0 Å². The van der Waals surface area contributed by atoms with Gasteiger partial charge < -0.3 is 0 Å². The molecule has 0 heterocycles. The SMILES string of the molecule is Cl/C=C1/C(=C(c2ccccc2)c2ccccc2)C(Cl)C1(c1ccccc1)c1ccccc1. The standard InChI is InChI=1S/C30H22Cl2/c31-21-26-28(27(22-13-5-1-6-14-22)23-15-7-2-8-16-23)29(32)30(26,24-17-9-3-10-18-24)25-19-11-4-12-20-25/h1-21,29H/b26-21-. The molecule has 1 aliphatic carbocycles. The van der Waals surface area contributed by atoms with Gasteiger partial charge in [0.2, 0.25) is 0 Å². The van der Waals surface area contributed by atoms with Crippen LogP contribution in [0.25, 0.3) is 5.57 Å². The first kappa shape index (κ1) is 20.8. The van der Waals surface area contributed by atoms with Crippen LogP contribution < -0.4 is 0 Å². The van der Waals surface area contributed by atoms with Gasteiger partial charge in [-0.2, -0.15) is 0 Å². The zero-order valence-corrected chi connectivity index (χ0v) is 19.0. The van der Waals surface area contributed by atoms with E-state index in [2.05, 4.69) is 97.1 Å². The maximum Gasteiger partial charge on any atom is 0.0773 e. The summed E-state index contributed by atoms with van der Waals surface area (Å²) in [7, 11) is 0. The van der Waals surface area contributed by atoms with E-state index < -0.39 is 5.41 Å². The molecule has 0 saturated heterocycles. The highest BCUT2D eigenvalue weighted by atomic mass is 35.5. The van der Waals surface area contributed by atoms with Gasteiger partial charge in [0.25, 0.3) is 0 Å². The lowest BCUT2D eigenvalue weighted by Gasteiger charge is -2.53. The van der Waals surface area contributed by atoms with E-state index in [0.29, 0.717) is 0 Å². The summed E-state index contributed by atoms with van der Waals surface area (Å²) in [6, 6.07) is 41.7. The lowest BCUT2D eigenvalue weighted by molar-refractivity contribution is 0.534. The molecule has 1 unspecified atom stereocenters. The molecule has 0 aromatic heterocycles. The molecule has 32 heavy (non-hydrogen) atoms. The predicted octanol–water partition coefficient (Wildman–Crippen LogP) is 8.22. The van der Waals surface area contributed by atoms with Crippen LogP contribution >= 0.6 is 23.2 Å². The Kier molecular flexibility index (Phi) is 5.74. The fourth-order valence-electron chi connectivity index (χ4n) is 4.89. The third-order valence-corrected chi connectivity index (χ3v) is 7.07. The first-order valence-electron chi connectivity index (χ1n) is 10.7. The Morgan fingerprint density at radius 2 is 0.969 bits per heavy atom. The van der Waals surface area contributed by atoms with Crippen LogP contribution in [0, 0.1) is 0 Å². The molecule has 0 nitrogen and oxygen atoms in total. The fraction of sp³-hybridized carbons (Fsp3) is 0.0667. The molecule has 0 aliphatic heterocycles. The van der Waals surface area contributed by atoms with Crippen molar-refractivity contribution in [1.82, 2.24) is 0 Å². The zero-order valence-electron chi connectivity index (χ0n) is 17.5. The monoisotopic (exact) mass is 452 g/mol. The summed E-state index contributed by atoms with van der Waals surface area (Å²) in [6.07, 6.45) is 0. The molecular weight excluding hydrogens is 431 g/mol. The van der Waals surface area contributed by atoms with E-state index in [9.17, 15) is 0 Å². The van der Waals surface area contributed by atoms with Crippen molar-refractivity contribution < 1.29 is 0 Å². The lowest BCUT2D eigenvalue weighted by atomic mass is 9.53. The molecule has 0 amide bonds. The summed E-state index contributed by atoms with van der Waals surface area (Å²) in [5.41, 5.74) is 8.99. The topological polar surface area (TPSA) is 0 Å². The highest BCUT2D eigenvalue weighted by Gasteiger charge is 2.57. The van der Waals surface area contributed by atoms with E-state index in [1.165, 1.54) is 0 Å². The van der Waals surface area contributed by atoms with E-state index in [0.717, 1.165) is 39.0 Å². The molecule has 0 bridgehead atoms. The molecule has 4 aromatic carbocycles. The van der Waals surface area contributed by atoms with Crippen molar-refractivity contribution in [2.75, 3.05) is 0 Å². The summed E-state index contributed by atoms with van der Waals surface area (Å²) < 4.78 is 0. The van der Waals surface area contributed by atoms with Crippen molar-refractivity contribution in [3.63, 3.8) is 0 Å². The number of halogens is 2. The first-order valence-corrected chi connectivity index (χ1v) is 11.6. The van der Waals surface area contributed by atoms with Crippen LogP contribution in [0.5, 0.6) is 0 Å². The van der Waals surface area contributed by atoms with Crippen LogP contribution in [-0.4, -0.2) is 5.38 Å². The number of benzene rings is 4. The molecular formula is C30H22Cl2. The molecule has 0 radical (unpaired) electrons. The van der Waals surface area contributed by atoms with Gasteiger partial charge in [-0.25, -0.2) is 0 Å². The van der Waals surface area contributed by atoms with Gasteiger partial charge in [-0.1, -0.05) is 133 Å². The van der Waals surface area contributed by atoms with E-state index in [1.54, 1.807) is 5.54 Å². The second-order valence-corrected chi connectivity index (χ2v) is 8.60. The molecule has 0 N–H and O–H groups in total. The quantitative estimate of drug-likeness (QED) is 0.273. The van der Waals surface area contributed by atoms with Crippen molar-refractivity contribution in [3.8, 4) is 0 Å². The van der Waals surface area contributed by atoms with E-state index in [-0.39, 0.29) is 5.38 Å². The minimum atomic E-state index is -0.518. The molecule has 1 atom stereocenters. The van der Waals surface area contributed by atoms with Crippen molar-refractivity contribution in [2.45, 2.75) is 10.8 Å². The largest absolute Gasteiger partial charge is 0.116 e. The maximum absolute atomic E-state index is 7.42. The molecule has 5 rings (SSSR count). The molecule has 2 heteroatoms. The lowest BCUT2D eigenvalue weighted by Crippen LogP contribution is -2.51. The predicted molar refractivity (Wildman–Crippen MR) is 136 cm³/mol. The highest BCUT2D eigenvalue weighted by Crippen LogP contribution is 2.61. The number of hydrogen-bond acceptors (Lipinski definition) is 0. The van der Waals surface area contributed by atoms with Crippen molar-refractivity contribution >= 4 is 28.8 Å². The highest BCUT2D eigenvalue weighted by molar-refractivity contribution is 6.31. The molecule has 1 saturated carbocycles. The molecule has 156 valence electrons. The zero-order chi connectivity index (χ0) is 22.0. The summed E-state index contributed by atoms with van der Waals surface area (Å²) in [4.78, 5) is 0. The van der Waals surface area contributed by atoms with Gasteiger partial charge >= 0.3 is 0 Å². The fourth-order valence-corrected chi connectivity index (χ4v) is 5.78. The van der Waals surface area contributed by atoms with Gasteiger partial charge in [0, 0.05) is 5.54 Å². The Labute approximate surface area is 199 Å². The number of allylic oxidation sites excluding steroid dienone is 2. The van der Waals surface area contributed by atoms with Gasteiger partial charge in [0.05, 0.1) is 10.8 Å². The first-order chi connectivity index (χ1) is 15.8. The van der Waals surface area contributed by atoms with Gasteiger partial charge in [-0.05, 0) is 39.0 Å². The van der Waals surface area contributed by atoms with Crippen LogP contribution in [0.15, 0.2) is 138 Å². The average Bonchev–Trinajstić information content (AvgIpc) is 2.87. The van der Waals surface area contributed by atoms with Crippen LogP contribution in [-0.2, 0) is 5.41 Å². The van der Waals surface area contributed by atoms with Gasteiger partial charge in [0.15, 0.2) is 0 Å². The molecule has 1 aliphatic rings. The second-order valence-electron chi connectivity index (χ2n) is 7.95. The van der Waals surface area contributed by atoms with E-state index in [4.69, 9.17) is 23.2 Å². The third-order valence-electron chi connectivity index (χ3n) is 6.31. The van der Waals surface area contributed by atoms with Gasteiger partial charge in [-0.15, -0.1) is 11.6 Å². The summed E-state index contributed by atoms with van der Waals surface area (Å²) in [5, 5.41) is -0.285. The van der Waals surface area contributed by atoms with Crippen LogP contribution in [0.2, 0.25) is 0 Å². The Morgan fingerprint density at radius 3 is 1.34 bits per heavy atom. The summed E-state index contributed by atoms with van der Waals surface area (Å²) >= 11 is 14.0. The second kappa shape index (κ2) is 8.82. The number of hydrogen-bond donors (Lipinski definition) is 0. The number of alkyl halides is 1. The van der Waals surface area contributed by atoms with Crippen LogP contribution in [0.3, 0.4) is 0 Å². The third kappa shape index (κ3) is 3.23. The van der Waals surface area contributed by atoms with Crippen LogP contribution in [0.1, 0.15) is 22.3 Å². The Balaban J connectivity index is 1.81. The summed E-state index contributed by atoms with van der Waals surface area (Å²) in [5.74, 6) is 0. The van der Waals surface area contributed by atoms with Crippen LogP contribution in [0.4, 0.5) is 0 Å². The normalized spacial score (nSPS) is 18.2. The Bertz CT molecular complexity index is 1180. The van der Waals surface area contributed by atoms with E-state index in [1.807, 2.05) is 24.3 Å². The molecule has 4 aromatic rings. The maximum atomic E-state index is 7.42. The number of rotatable bonds is 4. The molecule has 0 spiro atoms.